The maximum atomic E-state index is 10.6. The first-order valence-corrected chi connectivity index (χ1v) is 5.87. The van der Waals surface area contributed by atoms with Crippen LogP contribution in [0, 0.1) is 0 Å². The SMILES string of the molecule is Cn1cc(-c2ccc3cnc(NC(=O)O)cc3n2)cn1. The van der Waals surface area contributed by atoms with E-state index in [1.54, 1.807) is 23.1 Å². The van der Waals surface area contributed by atoms with E-state index in [0.29, 0.717) is 5.52 Å². The molecule has 3 heterocycles. The van der Waals surface area contributed by atoms with Crippen LogP contribution in [-0.2, 0) is 7.05 Å². The number of hydrogen-bond donors (Lipinski definition) is 2. The summed E-state index contributed by atoms with van der Waals surface area (Å²) < 4.78 is 1.70. The molecule has 0 bridgehead atoms. The van der Waals surface area contributed by atoms with Crippen molar-refractivity contribution >= 4 is 22.8 Å². The number of carboxylic acid groups (broad SMARTS) is 1. The van der Waals surface area contributed by atoms with Gasteiger partial charge in [-0.05, 0) is 12.1 Å². The second-order valence-corrected chi connectivity index (χ2v) is 4.29. The minimum atomic E-state index is -1.15. The lowest BCUT2D eigenvalue weighted by Crippen LogP contribution is -2.08. The first-order chi connectivity index (χ1) is 9.61. The average molecular weight is 269 g/mol. The van der Waals surface area contributed by atoms with Gasteiger partial charge in [-0.15, -0.1) is 0 Å². The first kappa shape index (κ1) is 12.1. The normalized spacial score (nSPS) is 10.7. The van der Waals surface area contributed by atoms with Crippen LogP contribution in [0.15, 0.2) is 36.8 Å². The van der Waals surface area contributed by atoms with Crippen molar-refractivity contribution in [2.24, 2.45) is 7.05 Å². The van der Waals surface area contributed by atoms with Crippen molar-refractivity contribution in [1.29, 1.82) is 0 Å². The zero-order chi connectivity index (χ0) is 14.1. The minimum absolute atomic E-state index is 0.251. The van der Waals surface area contributed by atoms with Crippen molar-refractivity contribution in [2.75, 3.05) is 5.32 Å². The van der Waals surface area contributed by atoms with Gasteiger partial charge in [-0.25, -0.2) is 14.8 Å². The van der Waals surface area contributed by atoms with E-state index in [9.17, 15) is 4.79 Å². The molecule has 0 fully saturated rings. The van der Waals surface area contributed by atoms with Crippen LogP contribution >= 0.6 is 0 Å². The topological polar surface area (TPSA) is 92.9 Å². The number of pyridine rings is 2. The Kier molecular flexibility index (Phi) is 2.79. The molecule has 0 aromatic carbocycles. The molecule has 100 valence electrons. The Morgan fingerprint density at radius 2 is 2.20 bits per heavy atom. The van der Waals surface area contributed by atoms with E-state index in [-0.39, 0.29) is 5.82 Å². The molecule has 20 heavy (non-hydrogen) atoms. The summed E-state index contributed by atoms with van der Waals surface area (Å²) in [6.45, 7) is 0. The molecule has 0 atom stereocenters. The second-order valence-electron chi connectivity index (χ2n) is 4.29. The molecule has 0 unspecified atom stereocenters. The molecule has 0 aliphatic carbocycles. The molecule has 0 saturated carbocycles. The number of nitrogens with zero attached hydrogens (tertiary/aromatic N) is 4. The van der Waals surface area contributed by atoms with Crippen molar-refractivity contribution in [3.05, 3.63) is 36.8 Å². The van der Waals surface area contributed by atoms with E-state index in [0.717, 1.165) is 16.6 Å². The number of rotatable bonds is 2. The summed E-state index contributed by atoms with van der Waals surface area (Å²) in [6, 6.07) is 5.37. The number of carbonyl (C=O) groups is 1. The van der Waals surface area contributed by atoms with E-state index in [1.807, 2.05) is 25.4 Å². The van der Waals surface area contributed by atoms with Gasteiger partial charge in [0.25, 0.3) is 0 Å². The number of fused-ring (bicyclic) bond motifs is 1. The number of aromatic nitrogens is 4. The molecule has 3 aromatic rings. The van der Waals surface area contributed by atoms with Gasteiger partial charge in [0.05, 0.1) is 17.4 Å². The predicted octanol–water partition coefficient (Wildman–Crippen LogP) is 2.12. The van der Waals surface area contributed by atoms with E-state index in [4.69, 9.17) is 5.11 Å². The van der Waals surface area contributed by atoms with E-state index < -0.39 is 6.09 Å². The molecule has 3 aromatic heterocycles. The molecule has 0 spiro atoms. The average Bonchev–Trinajstić information content (AvgIpc) is 2.84. The van der Waals surface area contributed by atoms with Crippen LogP contribution < -0.4 is 5.32 Å². The Hall–Kier alpha value is -2.96. The third kappa shape index (κ3) is 2.28. The molecular weight excluding hydrogens is 258 g/mol. The fourth-order valence-electron chi connectivity index (χ4n) is 1.91. The Morgan fingerprint density at radius 1 is 1.35 bits per heavy atom. The quantitative estimate of drug-likeness (QED) is 0.743. The lowest BCUT2D eigenvalue weighted by Gasteiger charge is -2.03. The molecule has 7 nitrogen and oxygen atoms in total. The van der Waals surface area contributed by atoms with Crippen molar-refractivity contribution < 1.29 is 9.90 Å². The number of nitrogens with one attached hydrogen (secondary N) is 1. The zero-order valence-electron chi connectivity index (χ0n) is 10.6. The van der Waals surface area contributed by atoms with Crippen molar-refractivity contribution in [2.45, 2.75) is 0 Å². The van der Waals surface area contributed by atoms with Gasteiger partial charge in [0.1, 0.15) is 5.82 Å². The maximum Gasteiger partial charge on any atom is 0.410 e. The largest absolute Gasteiger partial charge is 0.465 e. The molecule has 0 aliphatic rings. The molecule has 3 rings (SSSR count). The fourth-order valence-corrected chi connectivity index (χ4v) is 1.91. The summed E-state index contributed by atoms with van der Waals surface area (Å²) in [6.07, 6.45) is 4.03. The summed E-state index contributed by atoms with van der Waals surface area (Å²) in [5.41, 5.74) is 2.35. The van der Waals surface area contributed by atoms with Gasteiger partial charge in [0.15, 0.2) is 0 Å². The van der Waals surface area contributed by atoms with Crippen LogP contribution in [0.1, 0.15) is 0 Å². The standard InChI is InChI=1S/C13H11N5O2/c1-18-7-9(6-15-18)10-3-2-8-5-14-12(17-13(19)20)4-11(8)16-10/h2-7H,1H3,(H,14,17)(H,19,20). The first-order valence-electron chi connectivity index (χ1n) is 5.87. The second kappa shape index (κ2) is 4.61. The third-order valence-electron chi connectivity index (χ3n) is 2.81. The summed E-state index contributed by atoms with van der Waals surface area (Å²) in [5, 5.41) is 15.8. The summed E-state index contributed by atoms with van der Waals surface area (Å²) in [4.78, 5) is 19.1. The molecule has 1 amide bonds. The van der Waals surface area contributed by atoms with Crippen molar-refractivity contribution in [1.82, 2.24) is 19.7 Å². The van der Waals surface area contributed by atoms with E-state index >= 15 is 0 Å². The van der Waals surface area contributed by atoms with Gasteiger partial charge in [-0.1, -0.05) is 0 Å². The third-order valence-corrected chi connectivity index (χ3v) is 2.81. The summed E-state index contributed by atoms with van der Waals surface area (Å²) in [5.74, 6) is 0.251. The molecule has 2 N–H and O–H groups in total. The van der Waals surface area contributed by atoms with Crippen LogP contribution in [0.4, 0.5) is 10.6 Å². The van der Waals surface area contributed by atoms with Gasteiger partial charge in [-0.3, -0.25) is 10.00 Å². The molecule has 0 radical (unpaired) electrons. The van der Waals surface area contributed by atoms with Crippen LogP contribution in [0.25, 0.3) is 22.2 Å². The van der Waals surface area contributed by atoms with Gasteiger partial charge in [-0.2, -0.15) is 5.10 Å². The fraction of sp³-hybridized carbons (Fsp3) is 0.0769. The Balaban J connectivity index is 2.06. The number of amides is 1. The highest BCUT2D eigenvalue weighted by Gasteiger charge is 2.06. The van der Waals surface area contributed by atoms with Crippen LogP contribution in [0.5, 0.6) is 0 Å². The Bertz CT molecular complexity index is 796. The van der Waals surface area contributed by atoms with Crippen LogP contribution in [0.2, 0.25) is 0 Å². The van der Waals surface area contributed by atoms with Crippen molar-refractivity contribution in [3.63, 3.8) is 0 Å². The molecule has 0 saturated heterocycles. The molecule has 7 heteroatoms. The Labute approximate surface area is 113 Å². The summed E-state index contributed by atoms with van der Waals surface area (Å²) >= 11 is 0. The van der Waals surface area contributed by atoms with Crippen LogP contribution in [-0.4, -0.2) is 30.9 Å². The molecule has 0 aliphatic heterocycles. The highest BCUT2D eigenvalue weighted by Crippen LogP contribution is 2.21. The lowest BCUT2D eigenvalue weighted by molar-refractivity contribution is 0.209. The maximum absolute atomic E-state index is 10.6. The lowest BCUT2D eigenvalue weighted by atomic mass is 10.2. The van der Waals surface area contributed by atoms with Crippen molar-refractivity contribution in [3.8, 4) is 11.3 Å². The monoisotopic (exact) mass is 269 g/mol. The highest BCUT2D eigenvalue weighted by atomic mass is 16.4. The smallest absolute Gasteiger partial charge is 0.410 e. The van der Waals surface area contributed by atoms with Gasteiger partial charge < -0.3 is 5.11 Å². The minimum Gasteiger partial charge on any atom is -0.465 e. The number of anilines is 1. The van der Waals surface area contributed by atoms with Gasteiger partial charge in [0, 0.05) is 36.5 Å². The van der Waals surface area contributed by atoms with Crippen LogP contribution in [0.3, 0.4) is 0 Å². The number of aryl methyl sites for hydroxylation is 1. The highest BCUT2D eigenvalue weighted by molar-refractivity contribution is 5.87. The van der Waals surface area contributed by atoms with E-state index in [2.05, 4.69) is 20.4 Å². The molecular formula is C13H11N5O2. The number of hydrogen-bond acceptors (Lipinski definition) is 4. The Morgan fingerprint density at radius 3 is 2.90 bits per heavy atom. The predicted molar refractivity (Wildman–Crippen MR) is 73.4 cm³/mol. The zero-order valence-corrected chi connectivity index (χ0v) is 10.6. The summed E-state index contributed by atoms with van der Waals surface area (Å²) in [7, 11) is 1.84. The van der Waals surface area contributed by atoms with E-state index in [1.165, 1.54) is 0 Å². The van der Waals surface area contributed by atoms with Gasteiger partial charge >= 0.3 is 6.09 Å². The van der Waals surface area contributed by atoms with Gasteiger partial charge in [0.2, 0.25) is 0 Å².